The summed E-state index contributed by atoms with van der Waals surface area (Å²) in [6.07, 6.45) is 1.57. The van der Waals surface area contributed by atoms with E-state index >= 15 is 0 Å². The predicted molar refractivity (Wildman–Crippen MR) is 60.4 cm³/mol. The monoisotopic (exact) mass is 240 g/mol. The van der Waals surface area contributed by atoms with Gasteiger partial charge < -0.3 is 20.2 Å². The molecule has 1 unspecified atom stereocenters. The van der Waals surface area contributed by atoms with Crippen LogP contribution in [0.2, 0.25) is 0 Å². The van der Waals surface area contributed by atoms with Gasteiger partial charge in [-0.2, -0.15) is 0 Å². The third-order valence-electron chi connectivity index (χ3n) is 2.14. The van der Waals surface area contributed by atoms with E-state index in [-0.39, 0.29) is 18.4 Å². The van der Waals surface area contributed by atoms with Crippen LogP contribution in [0.25, 0.3) is 0 Å². The number of rotatable bonds is 6. The van der Waals surface area contributed by atoms with Crippen LogP contribution in [0.1, 0.15) is 19.1 Å². The molecule has 0 bridgehead atoms. The minimum Gasteiger partial charge on any atom is -0.481 e. The summed E-state index contributed by atoms with van der Waals surface area (Å²) in [5, 5.41) is 13.7. The number of furan rings is 1. The molecule has 6 heteroatoms. The number of nitrogens with one attached hydrogen (secondary N) is 2. The molecule has 3 N–H and O–H groups in total. The SMILES string of the molecule is CC(CNC(=O)NCc1ccco1)CC(=O)O. The molecule has 1 heterocycles. The summed E-state index contributed by atoms with van der Waals surface area (Å²) in [6.45, 7) is 2.41. The number of carboxylic acid groups (broad SMARTS) is 1. The summed E-state index contributed by atoms with van der Waals surface area (Å²) >= 11 is 0. The van der Waals surface area contributed by atoms with Crippen molar-refractivity contribution in [1.82, 2.24) is 10.6 Å². The van der Waals surface area contributed by atoms with Gasteiger partial charge in [-0.15, -0.1) is 0 Å². The third-order valence-corrected chi connectivity index (χ3v) is 2.14. The molecule has 2 amide bonds. The fourth-order valence-electron chi connectivity index (χ4n) is 1.28. The van der Waals surface area contributed by atoms with Crippen LogP contribution in [0.15, 0.2) is 22.8 Å². The van der Waals surface area contributed by atoms with Gasteiger partial charge in [0.1, 0.15) is 5.76 Å². The molecule has 0 saturated carbocycles. The van der Waals surface area contributed by atoms with Gasteiger partial charge in [0.15, 0.2) is 0 Å². The Kier molecular flexibility index (Phi) is 5.06. The summed E-state index contributed by atoms with van der Waals surface area (Å²) in [6, 6.07) is 3.16. The first kappa shape index (κ1) is 13.1. The Morgan fingerprint density at radius 1 is 1.47 bits per heavy atom. The smallest absolute Gasteiger partial charge is 0.315 e. The fourth-order valence-corrected chi connectivity index (χ4v) is 1.28. The van der Waals surface area contributed by atoms with Crippen LogP contribution >= 0.6 is 0 Å². The lowest BCUT2D eigenvalue weighted by Crippen LogP contribution is -2.37. The zero-order valence-corrected chi connectivity index (χ0v) is 9.60. The zero-order chi connectivity index (χ0) is 12.7. The number of carboxylic acids is 1. The first-order chi connectivity index (χ1) is 8.08. The highest BCUT2D eigenvalue weighted by atomic mass is 16.4. The van der Waals surface area contributed by atoms with E-state index < -0.39 is 5.97 Å². The van der Waals surface area contributed by atoms with E-state index in [0.717, 1.165) is 0 Å². The minimum atomic E-state index is -0.865. The topological polar surface area (TPSA) is 91.6 Å². The molecule has 6 nitrogen and oxygen atoms in total. The second kappa shape index (κ2) is 6.57. The molecule has 0 aromatic carbocycles. The second-order valence-electron chi connectivity index (χ2n) is 3.85. The van der Waals surface area contributed by atoms with Crippen LogP contribution in [0.5, 0.6) is 0 Å². The highest BCUT2D eigenvalue weighted by Gasteiger charge is 2.09. The standard InChI is InChI=1S/C11H16N2O4/c1-8(5-10(14)15)6-12-11(16)13-7-9-3-2-4-17-9/h2-4,8H,5-7H2,1H3,(H,14,15)(H2,12,13,16). The molecule has 1 atom stereocenters. The van der Waals surface area contributed by atoms with E-state index in [1.807, 2.05) is 0 Å². The molecule has 0 aliphatic rings. The van der Waals surface area contributed by atoms with Gasteiger partial charge in [-0.1, -0.05) is 6.92 Å². The number of hydrogen-bond acceptors (Lipinski definition) is 3. The van der Waals surface area contributed by atoms with Gasteiger partial charge in [0, 0.05) is 13.0 Å². The van der Waals surface area contributed by atoms with Crippen LogP contribution in [-0.2, 0) is 11.3 Å². The largest absolute Gasteiger partial charge is 0.481 e. The van der Waals surface area contributed by atoms with Crippen molar-refractivity contribution in [3.63, 3.8) is 0 Å². The van der Waals surface area contributed by atoms with E-state index in [9.17, 15) is 9.59 Å². The Morgan fingerprint density at radius 2 is 2.24 bits per heavy atom. The number of carbonyl (C=O) groups excluding carboxylic acids is 1. The second-order valence-corrected chi connectivity index (χ2v) is 3.85. The quantitative estimate of drug-likeness (QED) is 0.696. The maximum Gasteiger partial charge on any atom is 0.315 e. The van der Waals surface area contributed by atoms with Gasteiger partial charge in [-0.25, -0.2) is 4.79 Å². The molecule has 0 radical (unpaired) electrons. The molecular weight excluding hydrogens is 224 g/mol. The van der Waals surface area contributed by atoms with Gasteiger partial charge in [0.05, 0.1) is 12.8 Å². The minimum absolute atomic E-state index is 0.0401. The summed E-state index contributed by atoms with van der Waals surface area (Å²) < 4.78 is 5.04. The number of urea groups is 1. The van der Waals surface area contributed by atoms with Crippen molar-refractivity contribution in [2.75, 3.05) is 6.54 Å². The predicted octanol–water partition coefficient (Wildman–Crippen LogP) is 1.19. The van der Waals surface area contributed by atoms with E-state index in [4.69, 9.17) is 9.52 Å². The van der Waals surface area contributed by atoms with Gasteiger partial charge in [0.2, 0.25) is 0 Å². The number of aliphatic carboxylic acids is 1. The fraction of sp³-hybridized carbons (Fsp3) is 0.455. The van der Waals surface area contributed by atoms with E-state index in [2.05, 4.69) is 10.6 Å². The van der Waals surface area contributed by atoms with Crippen LogP contribution in [0.3, 0.4) is 0 Å². The molecule has 0 aliphatic heterocycles. The van der Waals surface area contributed by atoms with Gasteiger partial charge in [-0.05, 0) is 18.1 Å². The number of amides is 2. The molecule has 17 heavy (non-hydrogen) atoms. The normalized spacial score (nSPS) is 11.8. The van der Waals surface area contributed by atoms with Crippen LogP contribution < -0.4 is 10.6 Å². The van der Waals surface area contributed by atoms with Crippen molar-refractivity contribution in [2.45, 2.75) is 19.9 Å². The lowest BCUT2D eigenvalue weighted by molar-refractivity contribution is -0.137. The number of carbonyl (C=O) groups is 2. The Labute approximate surface area is 99.0 Å². The third kappa shape index (κ3) is 5.60. The van der Waals surface area contributed by atoms with Crippen molar-refractivity contribution in [2.24, 2.45) is 5.92 Å². The molecule has 1 aromatic rings. The molecule has 1 rings (SSSR count). The van der Waals surface area contributed by atoms with E-state index in [1.165, 1.54) is 6.26 Å². The summed E-state index contributed by atoms with van der Waals surface area (Å²) in [5.41, 5.74) is 0. The first-order valence-corrected chi connectivity index (χ1v) is 5.34. The molecule has 0 fully saturated rings. The van der Waals surface area contributed by atoms with Crippen molar-refractivity contribution < 1.29 is 19.1 Å². The molecule has 1 aromatic heterocycles. The maximum absolute atomic E-state index is 11.3. The first-order valence-electron chi connectivity index (χ1n) is 5.34. The summed E-state index contributed by atoms with van der Waals surface area (Å²) in [5.74, 6) is -0.295. The Balaban J connectivity index is 2.15. The maximum atomic E-state index is 11.3. The van der Waals surface area contributed by atoms with E-state index in [1.54, 1.807) is 19.1 Å². The van der Waals surface area contributed by atoms with Gasteiger partial charge in [0.25, 0.3) is 0 Å². The van der Waals surface area contributed by atoms with Crippen LogP contribution in [0.4, 0.5) is 4.79 Å². The molecule has 0 saturated heterocycles. The zero-order valence-electron chi connectivity index (χ0n) is 9.60. The average Bonchev–Trinajstić information content (AvgIpc) is 2.75. The molecular formula is C11H16N2O4. The van der Waals surface area contributed by atoms with Crippen molar-refractivity contribution in [1.29, 1.82) is 0 Å². The lowest BCUT2D eigenvalue weighted by Gasteiger charge is -2.10. The highest BCUT2D eigenvalue weighted by molar-refractivity contribution is 5.73. The molecule has 0 aliphatic carbocycles. The Morgan fingerprint density at radius 3 is 2.82 bits per heavy atom. The molecule has 94 valence electrons. The Hall–Kier alpha value is -1.98. The lowest BCUT2D eigenvalue weighted by atomic mass is 10.1. The summed E-state index contributed by atoms with van der Waals surface area (Å²) in [7, 11) is 0. The van der Waals surface area contributed by atoms with Crippen LogP contribution in [0, 0.1) is 5.92 Å². The summed E-state index contributed by atoms with van der Waals surface area (Å²) in [4.78, 5) is 21.7. The van der Waals surface area contributed by atoms with Crippen LogP contribution in [-0.4, -0.2) is 23.7 Å². The van der Waals surface area contributed by atoms with Crippen molar-refractivity contribution in [3.05, 3.63) is 24.2 Å². The number of hydrogen-bond donors (Lipinski definition) is 3. The Bertz CT molecular complexity index is 362. The van der Waals surface area contributed by atoms with Crippen molar-refractivity contribution >= 4 is 12.0 Å². The average molecular weight is 240 g/mol. The van der Waals surface area contributed by atoms with E-state index in [0.29, 0.717) is 18.8 Å². The van der Waals surface area contributed by atoms with Crippen molar-refractivity contribution in [3.8, 4) is 0 Å². The van der Waals surface area contributed by atoms with Gasteiger partial charge in [-0.3, -0.25) is 4.79 Å². The highest BCUT2D eigenvalue weighted by Crippen LogP contribution is 2.00. The van der Waals surface area contributed by atoms with Gasteiger partial charge >= 0.3 is 12.0 Å². The molecule has 0 spiro atoms.